The average molecular weight is 456 g/mol. The number of ether oxygens (including phenoxy) is 1. The normalized spacial score (nSPS) is 16.4. The molecule has 1 atom stereocenters. The molecule has 0 heterocycles. The topological polar surface area (TPSA) is 21.3 Å². The van der Waals surface area contributed by atoms with Crippen LogP contribution in [0.5, 0.6) is 5.75 Å². The second-order valence-electron chi connectivity index (χ2n) is 4.91. The van der Waals surface area contributed by atoms with Gasteiger partial charge in [0.1, 0.15) is 12.4 Å². The van der Waals surface area contributed by atoms with Crippen molar-refractivity contribution in [3.63, 3.8) is 0 Å². The van der Waals surface area contributed by atoms with E-state index in [1.54, 1.807) is 0 Å². The number of rotatable bonds is 7. The summed E-state index contributed by atoms with van der Waals surface area (Å²) < 4.78 is 8.98. The number of halogens is 3. The molecule has 1 unspecified atom stereocenters. The average Bonchev–Trinajstić information content (AvgIpc) is 3.15. The van der Waals surface area contributed by atoms with Gasteiger partial charge in [-0.2, -0.15) is 0 Å². The molecule has 5 heteroatoms. The summed E-state index contributed by atoms with van der Waals surface area (Å²) >= 11 is 10.6. The van der Waals surface area contributed by atoms with Crippen LogP contribution >= 0.6 is 47.8 Å². The Hall–Kier alpha value is 0.420. The van der Waals surface area contributed by atoms with Gasteiger partial charge in [-0.15, -0.1) is 0 Å². The maximum absolute atomic E-state index is 6.01. The first-order valence-electron chi connectivity index (χ1n) is 6.62. The zero-order chi connectivity index (χ0) is 13.8. The van der Waals surface area contributed by atoms with Crippen molar-refractivity contribution in [3.05, 3.63) is 25.6 Å². The third-order valence-corrected chi connectivity index (χ3v) is 4.85. The summed E-state index contributed by atoms with van der Waals surface area (Å²) in [6, 6.07) is 4.49. The van der Waals surface area contributed by atoms with E-state index in [1.807, 2.05) is 12.1 Å². The largest absolute Gasteiger partial charge is 0.490 e. The molecular formula is C14H18Br3NO. The molecule has 0 aliphatic heterocycles. The van der Waals surface area contributed by atoms with Crippen LogP contribution in [-0.2, 0) is 0 Å². The summed E-state index contributed by atoms with van der Waals surface area (Å²) in [4.78, 5) is 0. The number of hydrogen-bond donors (Lipinski definition) is 1. The van der Waals surface area contributed by atoms with Crippen molar-refractivity contribution in [2.24, 2.45) is 5.92 Å². The lowest BCUT2D eigenvalue weighted by molar-refractivity contribution is 0.247. The maximum atomic E-state index is 6.01. The predicted octanol–water partition coefficient (Wildman–Crippen LogP) is 5.13. The molecule has 0 radical (unpaired) electrons. The summed E-state index contributed by atoms with van der Waals surface area (Å²) in [5.74, 6) is 1.67. The summed E-state index contributed by atoms with van der Waals surface area (Å²) in [7, 11) is 0. The fourth-order valence-electron chi connectivity index (χ4n) is 2.03. The molecule has 1 aromatic carbocycles. The molecule has 0 saturated heterocycles. The number of hydrogen-bond acceptors (Lipinski definition) is 2. The molecule has 1 saturated carbocycles. The lowest BCUT2D eigenvalue weighted by Gasteiger charge is -2.20. The fourth-order valence-corrected chi connectivity index (χ4v) is 4.52. The van der Waals surface area contributed by atoms with E-state index in [0.29, 0.717) is 6.04 Å². The lowest BCUT2D eigenvalue weighted by atomic mass is 10.2. The van der Waals surface area contributed by atoms with E-state index in [-0.39, 0.29) is 0 Å². The van der Waals surface area contributed by atoms with Gasteiger partial charge in [0.15, 0.2) is 0 Å². The van der Waals surface area contributed by atoms with Crippen LogP contribution in [0.25, 0.3) is 0 Å². The molecule has 2 nitrogen and oxygen atoms in total. The van der Waals surface area contributed by atoms with E-state index < -0.39 is 0 Å². The van der Waals surface area contributed by atoms with E-state index in [0.717, 1.165) is 44.7 Å². The zero-order valence-electron chi connectivity index (χ0n) is 10.9. The van der Waals surface area contributed by atoms with Crippen LogP contribution in [-0.4, -0.2) is 19.2 Å². The Morgan fingerprint density at radius 1 is 1.26 bits per heavy atom. The van der Waals surface area contributed by atoms with Crippen LogP contribution in [0, 0.1) is 5.92 Å². The van der Waals surface area contributed by atoms with Crippen molar-refractivity contribution in [1.29, 1.82) is 0 Å². The molecule has 1 aliphatic carbocycles. The highest BCUT2D eigenvalue weighted by molar-refractivity contribution is 9.11. The standard InChI is InChI=1S/C14H18Br3NO/c1-2-5-18-13(9-3-4-9)8-19-14-11(16)6-10(15)7-12(14)17/h6-7,9,13,18H,2-5,8H2,1H3. The minimum atomic E-state index is 0.474. The second kappa shape index (κ2) is 7.43. The molecule has 1 aromatic rings. The fraction of sp³-hybridized carbons (Fsp3) is 0.571. The van der Waals surface area contributed by atoms with Gasteiger partial charge in [-0.3, -0.25) is 0 Å². The second-order valence-corrected chi connectivity index (χ2v) is 7.53. The molecule has 1 aliphatic rings. The van der Waals surface area contributed by atoms with Gasteiger partial charge in [-0.1, -0.05) is 22.9 Å². The van der Waals surface area contributed by atoms with Crippen molar-refractivity contribution in [1.82, 2.24) is 5.32 Å². The molecule has 1 N–H and O–H groups in total. The summed E-state index contributed by atoms with van der Waals surface area (Å²) in [5.41, 5.74) is 0. The van der Waals surface area contributed by atoms with Crippen LogP contribution in [0.15, 0.2) is 25.6 Å². The van der Waals surface area contributed by atoms with Crippen molar-refractivity contribution >= 4 is 47.8 Å². The molecule has 2 rings (SSSR count). The highest BCUT2D eigenvalue weighted by Crippen LogP contribution is 2.38. The first kappa shape index (κ1) is 15.8. The first-order chi connectivity index (χ1) is 9.11. The molecule has 106 valence electrons. The highest BCUT2D eigenvalue weighted by Gasteiger charge is 2.31. The Morgan fingerprint density at radius 3 is 2.42 bits per heavy atom. The minimum absolute atomic E-state index is 0.474. The van der Waals surface area contributed by atoms with Gasteiger partial charge < -0.3 is 10.1 Å². The van der Waals surface area contributed by atoms with Gasteiger partial charge >= 0.3 is 0 Å². The number of nitrogens with one attached hydrogen (secondary N) is 1. The van der Waals surface area contributed by atoms with Crippen LogP contribution in [0.1, 0.15) is 26.2 Å². The van der Waals surface area contributed by atoms with Crippen LogP contribution in [0.3, 0.4) is 0 Å². The first-order valence-corrected chi connectivity index (χ1v) is 9.00. The molecule has 19 heavy (non-hydrogen) atoms. The van der Waals surface area contributed by atoms with Gasteiger partial charge in [-0.05, 0) is 75.7 Å². The summed E-state index contributed by atoms with van der Waals surface area (Å²) in [6.45, 7) is 3.98. The lowest BCUT2D eigenvalue weighted by Crippen LogP contribution is -2.37. The van der Waals surface area contributed by atoms with Gasteiger partial charge in [-0.25, -0.2) is 0 Å². The smallest absolute Gasteiger partial charge is 0.147 e. The van der Waals surface area contributed by atoms with Crippen LogP contribution < -0.4 is 10.1 Å². The molecule has 1 fully saturated rings. The zero-order valence-corrected chi connectivity index (χ0v) is 15.6. The van der Waals surface area contributed by atoms with Crippen molar-refractivity contribution in [2.45, 2.75) is 32.2 Å². The predicted molar refractivity (Wildman–Crippen MR) is 89.8 cm³/mol. The molecule has 0 spiro atoms. The van der Waals surface area contributed by atoms with Crippen molar-refractivity contribution in [2.75, 3.05) is 13.2 Å². The monoisotopic (exact) mass is 453 g/mol. The van der Waals surface area contributed by atoms with Gasteiger partial charge in [0.05, 0.1) is 8.95 Å². The Kier molecular flexibility index (Phi) is 6.18. The van der Waals surface area contributed by atoms with Gasteiger partial charge in [0.25, 0.3) is 0 Å². The third-order valence-electron chi connectivity index (χ3n) is 3.22. The summed E-state index contributed by atoms with van der Waals surface area (Å²) in [5, 5.41) is 3.59. The van der Waals surface area contributed by atoms with Crippen molar-refractivity contribution in [3.8, 4) is 5.75 Å². The highest BCUT2D eigenvalue weighted by atomic mass is 79.9. The SMILES string of the molecule is CCCNC(COc1c(Br)cc(Br)cc1Br)C1CC1. The Balaban J connectivity index is 1.96. The van der Waals surface area contributed by atoms with E-state index in [9.17, 15) is 0 Å². The maximum Gasteiger partial charge on any atom is 0.147 e. The molecule has 0 bridgehead atoms. The van der Waals surface area contributed by atoms with Gasteiger partial charge in [0.2, 0.25) is 0 Å². The van der Waals surface area contributed by atoms with Crippen molar-refractivity contribution < 1.29 is 4.74 Å². The van der Waals surface area contributed by atoms with Crippen LogP contribution in [0.2, 0.25) is 0 Å². The van der Waals surface area contributed by atoms with E-state index in [1.165, 1.54) is 12.8 Å². The van der Waals surface area contributed by atoms with E-state index in [4.69, 9.17) is 4.74 Å². The van der Waals surface area contributed by atoms with Crippen LogP contribution in [0.4, 0.5) is 0 Å². The summed E-state index contributed by atoms with van der Waals surface area (Å²) in [6.07, 6.45) is 3.82. The van der Waals surface area contributed by atoms with Gasteiger partial charge in [0, 0.05) is 10.5 Å². The number of benzene rings is 1. The van der Waals surface area contributed by atoms with E-state index >= 15 is 0 Å². The Labute approximate surface area is 140 Å². The molecular weight excluding hydrogens is 438 g/mol. The molecule has 0 aromatic heterocycles. The Morgan fingerprint density at radius 2 is 1.89 bits per heavy atom. The Bertz CT molecular complexity index is 412. The van der Waals surface area contributed by atoms with E-state index in [2.05, 4.69) is 60.0 Å². The molecule has 0 amide bonds. The minimum Gasteiger partial charge on any atom is -0.490 e. The quantitative estimate of drug-likeness (QED) is 0.615. The third kappa shape index (κ3) is 4.73.